The average molecular weight is 535 g/mol. The number of hydrogen-bond donors (Lipinski definition) is 1. The fraction of sp³-hybridized carbons (Fsp3) is 0.320. The average Bonchev–Trinajstić information content (AvgIpc) is 3.49. The number of likely N-dealkylation sites (tertiary alicyclic amines) is 1. The van der Waals surface area contributed by atoms with Crippen molar-refractivity contribution in [3.05, 3.63) is 59.6 Å². The molecule has 0 saturated carbocycles. The maximum atomic E-state index is 15.1. The third kappa shape index (κ3) is 4.21. The first-order chi connectivity index (χ1) is 18.1. The van der Waals surface area contributed by atoms with Crippen LogP contribution in [0.1, 0.15) is 48.7 Å². The quantitative estimate of drug-likeness (QED) is 0.345. The molecule has 0 bridgehead atoms. The molecule has 1 fully saturated rings. The van der Waals surface area contributed by atoms with Crippen LogP contribution in [0.4, 0.5) is 27.8 Å². The molecule has 2 aliphatic heterocycles. The highest BCUT2D eigenvalue weighted by Gasteiger charge is 2.45. The molecular weight excluding hydrogens is 513 g/mol. The van der Waals surface area contributed by atoms with Gasteiger partial charge in [-0.05, 0) is 25.0 Å². The number of halogens is 5. The zero-order valence-electron chi connectivity index (χ0n) is 20.2. The van der Waals surface area contributed by atoms with Crippen molar-refractivity contribution < 1.29 is 36.2 Å². The summed E-state index contributed by atoms with van der Waals surface area (Å²) in [4.78, 5) is 23.1. The minimum atomic E-state index is -5.09. The normalized spacial score (nSPS) is 18.4. The van der Waals surface area contributed by atoms with E-state index in [4.69, 9.17) is 10.5 Å². The summed E-state index contributed by atoms with van der Waals surface area (Å²) in [6.07, 6.45) is -1.81. The molecule has 0 aliphatic carbocycles. The van der Waals surface area contributed by atoms with E-state index in [0.717, 1.165) is 18.2 Å². The molecule has 0 spiro atoms. The van der Waals surface area contributed by atoms with E-state index < -0.39 is 41.8 Å². The Bertz CT molecular complexity index is 1550. The van der Waals surface area contributed by atoms with Crippen LogP contribution in [0.2, 0.25) is 0 Å². The van der Waals surface area contributed by atoms with Crippen molar-refractivity contribution in [1.82, 2.24) is 19.3 Å². The second-order valence-electron chi connectivity index (χ2n) is 8.58. The lowest BCUT2D eigenvalue weighted by Gasteiger charge is -2.36. The molecule has 38 heavy (non-hydrogen) atoms. The van der Waals surface area contributed by atoms with Gasteiger partial charge >= 0.3 is 6.36 Å². The van der Waals surface area contributed by atoms with Gasteiger partial charge in [-0.2, -0.15) is 0 Å². The highest BCUT2D eigenvalue weighted by Crippen LogP contribution is 2.47. The molecule has 2 aromatic heterocycles. The van der Waals surface area contributed by atoms with E-state index in [1.807, 2.05) is 13.8 Å². The van der Waals surface area contributed by atoms with Crippen LogP contribution in [0.5, 0.6) is 11.5 Å². The molecule has 2 aromatic carbocycles. The Labute approximate surface area is 212 Å². The maximum absolute atomic E-state index is 15.1. The second-order valence-corrected chi connectivity index (χ2v) is 8.58. The zero-order valence-corrected chi connectivity index (χ0v) is 20.2. The van der Waals surface area contributed by atoms with Crippen LogP contribution in [-0.2, 0) is 0 Å². The number of aromatic nitrogens is 3. The van der Waals surface area contributed by atoms with E-state index >= 15 is 4.39 Å². The molecule has 1 saturated heterocycles. The first kappa shape index (κ1) is 25.5. The molecule has 6 rings (SSSR count). The fourth-order valence-corrected chi connectivity index (χ4v) is 4.95. The van der Waals surface area contributed by atoms with Gasteiger partial charge in [0.25, 0.3) is 5.91 Å². The number of nitrogen functional groups attached to an aromatic ring is 1. The van der Waals surface area contributed by atoms with Crippen LogP contribution in [0.15, 0.2) is 36.8 Å². The number of nitrogens with two attached hydrogens (primary N) is 1. The summed E-state index contributed by atoms with van der Waals surface area (Å²) < 4.78 is 78.6. The predicted octanol–water partition coefficient (Wildman–Crippen LogP) is 5.41. The summed E-state index contributed by atoms with van der Waals surface area (Å²) in [5, 5.41) is 0. The molecular formula is C25H22F5N5O3. The Hall–Kier alpha value is -4.16. The van der Waals surface area contributed by atoms with Crippen LogP contribution in [0, 0.1) is 11.6 Å². The Morgan fingerprint density at radius 2 is 1.89 bits per heavy atom. The van der Waals surface area contributed by atoms with Gasteiger partial charge in [-0.25, -0.2) is 18.7 Å². The largest absolute Gasteiger partial charge is 0.573 e. The first-order valence-electron chi connectivity index (χ1n) is 11.9. The van der Waals surface area contributed by atoms with E-state index in [1.54, 1.807) is 4.40 Å². The number of hydrogen-bond acceptors (Lipinski definition) is 6. The number of anilines is 1. The number of alkyl halides is 3. The van der Waals surface area contributed by atoms with Gasteiger partial charge in [-0.15, -0.1) is 13.2 Å². The summed E-state index contributed by atoms with van der Waals surface area (Å²) in [6, 6.07) is 3.31. The minimum Gasteiger partial charge on any atom is -0.487 e. The van der Waals surface area contributed by atoms with E-state index in [9.17, 15) is 22.4 Å². The number of fused-ring (bicyclic) bond motifs is 6. The summed E-state index contributed by atoms with van der Waals surface area (Å²) >= 11 is 0. The fourth-order valence-electron chi connectivity index (χ4n) is 4.95. The van der Waals surface area contributed by atoms with Gasteiger partial charge in [0, 0.05) is 24.2 Å². The Morgan fingerprint density at radius 3 is 2.63 bits per heavy atom. The Morgan fingerprint density at radius 1 is 1.13 bits per heavy atom. The van der Waals surface area contributed by atoms with E-state index in [0.29, 0.717) is 23.9 Å². The Balaban J connectivity index is 0.00000144. The third-order valence-corrected chi connectivity index (χ3v) is 6.42. The number of ether oxygens (including phenoxy) is 2. The number of amides is 1. The Kier molecular flexibility index (Phi) is 6.24. The molecule has 4 aromatic rings. The van der Waals surface area contributed by atoms with E-state index in [2.05, 4.69) is 14.7 Å². The lowest BCUT2D eigenvalue weighted by Crippen LogP contribution is -2.44. The highest BCUT2D eigenvalue weighted by molar-refractivity contribution is 5.99. The number of benzene rings is 2. The zero-order chi connectivity index (χ0) is 27.4. The smallest absolute Gasteiger partial charge is 0.487 e. The van der Waals surface area contributed by atoms with Gasteiger partial charge in [0.05, 0.1) is 35.2 Å². The van der Waals surface area contributed by atoms with Crippen molar-refractivity contribution in [2.24, 2.45) is 0 Å². The van der Waals surface area contributed by atoms with Crippen LogP contribution < -0.4 is 15.2 Å². The molecule has 4 heterocycles. The first-order valence-corrected chi connectivity index (χ1v) is 11.9. The van der Waals surface area contributed by atoms with Gasteiger partial charge < -0.3 is 20.1 Å². The summed E-state index contributed by atoms with van der Waals surface area (Å²) in [7, 11) is 0. The van der Waals surface area contributed by atoms with E-state index in [1.165, 1.54) is 23.5 Å². The lowest BCUT2D eigenvalue weighted by molar-refractivity contribution is -0.275. The van der Waals surface area contributed by atoms with Crippen LogP contribution >= 0.6 is 0 Å². The highest BCUT2D eigenvalue weighted by atomic mass is 19.4. The number of piperidine rings is 1. The molecule has 200 valence electrons. The number of imidazole rings is 1. The maximum Gasteiger partial charge on any atom is 0.573 e. The number of rotatable bonds is 2. The van der Waals surface area contributed by atoms with Gasteiger partial charge in [-0.1, -0.05) is 13.8 Å². The molecule has 2 aliphatic rings. The summed E-state index contributed by atoms with van der Waals surface area (Å²) in [5.41, 5.74) is 6.94. The molecule has 13 heteroatoms. The summed E-state index contributed by atoms with van der Waals surface area (Å²) in [5.74, 6) is -3.68. The van der Waals surface area contributed by atoms with Crippen molar-refractivity contribution in [1.29, 1.82) is 0 Å². The van der Waals surface area contributed by atoms with Crippen molar-refractivity contribution >= 4 is 28.3 Å². The number of carbonyl (C=O) groups is 1. The molecule has 8 nitrogen and oxygen atoms in total. The lowest BCUT2D eigenvalue weighted by atomic mass is 9.93. The second kappa shape index (κ2) is 9.30. The number of nitrogens with zero attached hydrogens (tertiary/aromatic N) is 4. The van der Waals surface area contributed by atoms with Crippen LogP contribution in [-0.4, -0.2) is 44.2 Å². The van der Waals surface area contributed by atoms with Crippen molar-refractivity contribution in [3.8, 4) is 11.5 Å². The van der Waals surface area contributed by atoms with Crippen LogP contribution in [0.25, 0.3) is 16.6 Å². The van der Waals surface area contributed by atoms with Gasteiger partial charge in [0.15, 0.2) is 11.6 Å². The standard InChI is InChI=1S/C23H16F5N5O3.C2H6/c24-12-6-14-15(33-9-30-8-16(33)21(29)31-14)5-10(12)22(34)32-3-1-2-17-20(32)11-4-13(25)19(7-18(11)35-17)36-23(26,27)28;1-2/h4-9,17,20H,1-3H2,(H2,29,31);1-2H3. The van der Waals surface area contributed by atoms with Gasteiger partial charge in [-0.3, -0.25) is 9.20 Å². The van der Waals surface area contributed by atoms with Gasteiger partial charge in [0.2, 0.25) is 0 Å². The molecule has 2 atom stereocenters. The monoisotopic (exact) mass is 535 g/mol. The SMILES string of the molecule is CC.Nc1nc2cc(F)c(C(=O)N3CCCC4Oc5cc(OC(F)(F)F)c(F)cc5C43)cc2n2cncc12. The van der Waals surface area contributed by atoms with Crippen molar-refractivity contribution in [2.45, 2.75) is 45.2 Å². The molecule has 0 radical (unpaired) electrons. The van der Waals surface area contributed by atoms with Crippen LogP contribution in [0.3, 0.4) is 0 Å². The van der Waals surface area contributed by atoms with E-state index in [-0.39, 0.29) is 34.8 Å². The number of carbonyl (C=O) groups excluding carboxylic acids is 1. The molecule has 2 N–H and O–H groups in total. The van der Waals surface area contributed by atoms with Crippen molar-refractivity contribution in [3.63, 3.8) is 0 Å². The molecule has 2 unspecified atom stereocenters. The van der Waals surface area contributed by atoms with Gasteiger partial charge in [0.1, 0.15) is 29.0 Å². The summed E-state index contributed by atoms with van der Waals surface area (Å²) in [6.45, 7) is 4.21. The minimum absolute atomic E-state index is 0.0240. The van der Waals surface area contributed by atoms with Crippen molar-refractivity contribution in [2.75, 3.05) is 12.3 Å². The molecule has 1 amide bonds. The third-order valence-electron chi connectivity index (χ3n) is 6.42. The predicted molar refractivity (Wildman–Crippen MR) is 127 cm³/mol. The topological polar surface area (TPSA) is 95.0 Å².